The van der Waals surface area contributed by atoms with E-state index < -0.39 is 5.91 Å². The van der Waals surface area contributed by atoms with Crippen LogP contribution in [0.15, 0.2) is 43.0 Å². The van der Waals surface area contributed by atoms with Crippen molar-refractivity contribution >= 4 is 17.5 Å². The first-order valence-electron chi connectivity index (χ1n) is 9.39. The van der Waals surface area contributed by atoms with Crippen molar-refractivity contribution in [3.63, 3.8) is 0 Å². The minimum atomic E-state index is -0.394. The molecule has 6 heteroatoms. The molecule has 0 atom stereocenters. The first-order valence-corrected chi connectivity index (χ1v) is 9.39. The number of hydrogen-bond donors (Lipinski definition) is 2. The van der Waals surface area contributed by atoms with Crippen LogP contribution in [0.3, 0.4) is 0 Å². The van der Waals surface area contributed by atoms with Crippen LogP contribution in [0.2, 0.25) is 0 Å². The average Bonchev–Trinajstić information content (AvgIpc) is 2.68. The van der Waals surface area contributed by atoms with E-state index in [1.54, 1.807) is 19.3 Å². The van der Waals surface area contributed by atoms with Gasteiger partial charge in [-0.2, -0.15) is 0 Å². The number of methoxy groups -OCH3 is 1. The molecule has 0 fully saturated rings. The Labute approximate surface area is 171 Å². The van der Waals surface area contributed by atoms with Gasteiger partial charge < -0.3 is 20.1 Å². The van der Waals surface area contributed by atoms with Crippen molar-refractivity contribution in [2.45, 2.75) is 27.2 Å². The summed E-state index contributed by atoms with van der Waals surface area (Å²) in [5.74, 6) is 0.320. The number of ether oxygens (including phenoxy) is 2. The molecule has 0 unspecified atom stereocenters. The van der Waals surface area contributed by atoms with Crippen molar-refractivity contribution < 1.29 is 19.1 Å². The van der Waals surface area contributed by atoms with Crippen LogP contribution >= 0.6 is 0 Å². The molecule has 0 aliphatic carbocycles. The van der Waals surface area contributed by atoms with E-state index in [1.165, 1.54) is 0 Å². The van der Waals surface area contributed by atoms with Crippen LogP contribution in [0, 0.1) is 20.8 Å². The molecule has 154 valence electrons. The Morgan fingerprint density at radius 2 is 1.72 bits per heavy atom. The van der Waals surface area contributed by atoms with Crippen molar-refractivity contribution in [3.05, 3.63) is 65.2 Å². The van der Waals surface area contributed by atoms with Crippen LogP contribution in [0.1, 0.15) is 22.3 Å². The molecule has 0 heterocycles. The highest BCUT2D eigenvalue weighted by atomic mass is 16.5. The summed E-state index contributed by atoms with van der Waals surface area (Å²) in [6.07, 6.45) is 2.51. The molecule has 2 N–H and O–H groups in total. The van der Waals surface area contributed by atoms with Crippen molar-refractivity contribution in [3.8, 4) is 11.5 Å². The summed E-state index contributed by atoms with van der Waals surface area (Å²) in [5, 5.41) is 5.41. The van der Waals surface area contributed by atoms with Gasteiger partial charge in [0.15, 0.2) is 18.1 Å². The maximum Gasteiger partial charge on any atom is 0.258 e. The van der Waals surface area contributed by atoms with E-state index in [-0.39, 0.29) is 19.1 Å². The lowest BCUT2D eigenvalue weighted by Gasteiger charge is -2.14. The monoisotopic (exact) mass is 396 g/mol. The molecule has 0 saturated heterocycles. The molecule has 0 spiro atoms. The summed E-state index contributed by atoms with van der Waals surface area (Å²) in [7, 11) is 1.54. The summed E-state index contributed by atoms with van der Waals surface area (Å²) in [6.45, 7) is 9.25. The van der Waals surface area contributed by atoms with Crippen molar-refractivity contribution in [1.29, 1.82) is 0 Å². The van der Waals surface area contributed by atoms with Gasteiger partial charge in [0.05, 0.1) is 13.7 Å². The molecule has 0 aromatic heterocycles. The number of aryl methyl sites for hydroxylation is 3. The molecule has 29 heavy (non-hydrogen) atoms. The molecule has 2 rings (SSSR count). The van der Waals surface area contributed by atoms with Gasteiger partial charge in [0.1, 0.15) is 0 Å². The lowest BCUT2D eigenvalue weighted by Crippen LogP contribution is -2.36. The zero-order chi connectivity index (χ0) is 21.4. The predicted molar refractivity (Wildman–Crippen MR) is 115 cm³/mol. The van der Waals surface area contributed by atoms with E-state index in [1.807, 2.05) is 45.0 Å². The standard InChI is InChI=1S/C23H28N2O4/c1-6-7-18-8-9-19(20(12-18)28-5)29-14-22(27)24-13-21(26)25-23-16(3)10-15(2)11-17(23)4/h6,8-12H,1,7,13-14H2,2-5H3,(H,24,27)(H,25,26). The fraction of sp³-hybridized carbons (Fsp3) is 0.304. The van der Waals surface area contributed by atoms with Gasteiger partial charge in [0.2, 0.25) is 5.91 Å². The topological polar surface area (TPSA) is 76.7 Å². The van der Waals surface area contributed by atoms with Gasteiger partial charge in [-0.1, -0.05) is 29.8 Å². The minimum absolute atomic E-state index is 0.135. The number of rotatable bonds is 9. The Balaban J connectivity index is 1.86. The molecule has 0 aliphatic rings. The van der Waals surface area contributed by atoms with Crippen LogP contribution in [0.5, 0.6) is 11.5 Å². The lowest BCUT2D eigenvalue weighted by molar-refractivity contribution is -0.125. The van der Waals surface area contributed by atoms with E-state index in [0.29, 0.717) is 17.9 Å². The third-order valence-electron chi connectivity index (χ3n) is 4.35. The molecule has 2 aromatic rings. The summed E-state index contributed by atoms with van der Waals surface area (Å²) < 4.78 is 10.8. The minimum Gasteiger partial charge on any atom is -0.493 e. The number of carbonyl (C=O) groups excluding carboxylic acids is 2. The summed E-state index contributed by atoms with van der Waals surface area (Å²) in [4.78, 5) is 24.2. The number of amides is 2. The third kappa shape index (κ3) is 6.38. The van der Waals surface area contributed by atoms with Crippen LogP contribution < -0.4 is 20.1 Å². The Bertz CT molecular complexity index is 883. The van der Waals surface area contributed by atoms with E-state index in [0.717, 1.165) is 27.9 Å². The predicted octanol–water partition coefficient (Wildman–Crippen LogP) is 3.48. The van der Waals surface area contributed by atoms with E-state index in [4.69, 9.17) is 9.47 Å². The van der Waals surface area contributed by atoms with Crippen molar-refractivity contribution in [1.82, 2.24) is 5.32 Å². The summed E-state index contributed by atoms with van der Waals surface area (Å²) in [6, 6.07) is 9.48. The Morgan fingerprint density at radius 1 is 1.03 bits per heavy atom. The second kappa shape index (κ2) is 10.3. The molecule has 0 bridgehead atoms. The number of allylic oxidation sites excluding steroid dienone is 1. The van der Waals surface area contributed by atoms with Gasteiger partial charge in [-0.15, -0.1) is 6.58 Å². The molecule has 0 radical (unpaired) electrons. The highest BCUT2D eigenvalue weighted by Crippen LogP contribution is 2.28. The van der Waals surface area contributed by atoms with Gasteiger partial charge in [-0.05, 0) is 56.0 Å². The summed E-state index contributed by atoms with van der Waals surface area (Å²) in [5.41, 5.74) is 4.91. The highest BCUT2D eigenvalue weighted by Gasteiger charge is 2.12. The Kier molecular flexibility index (Phi) is 7.83. The molecule has 0 aliphatic heterocycles. The second-order valence-corrected chi connectivity index (χ2v) is 6.87. The zero-order valence-electron chi connectivity index (χ0n) is 17.4. The van der Waals surface area contributed by atoms with Gasteiger partial charge in [0, 0.05) is 5.69 Å². The zero-order valence-corrected chi connectivity index (χ0v) is 17.4. The molecule has 2 amide bonds. The van der Waals surface area contributed by atoms with E-state index >= 15 is 0 Å². The van der Waals surface area contributed by atoms with Gasteiger partial charge in [-0.25, -0.2) is 0 Å². The van der Waals surface area contributed by atoms with E-state index in [9.17, 15) is 9.59 Å². The van der Waals surface area contributed by atoms with Gasteiger partial charge in [-0.3, -0.25) is 9.59 Å². The SMILES string of the molecule is C=CCc1ccc(OCC(=O)NCC(=O)Nc2c(C)cc(C)cc2C)c(OC)c1. The van der Waals surface area contributed by atoms with Gasteiger partial charge in [0.25, 0.3) is 5.91 Å². The summed E-state index contributed by atoms with van der Waals surface area (Å²) >= 11 is 0. The smallest absolute Gasteiger partial charge is 0.258 e. The quantitative estimate of drug-likeness (QED) is 0.636. The molecule has 2 aromatic carbocycles. The normalized spacial score (nSPS) is 10.2. The molecule has 0 saturated carbocycles. The molecular weight excluding hydrogens is 368 g/mol. The Morgan fingerprint density at radius 3 is 2.34 bits per heavy atom. The van der Waals surface area contributed by atoms with E-state index in [2.05, 4.69) is 17.2 Å². The van der Waals surface area contributed by atoms with Crippen LogP contribution in [-0.2, 0) is 16.0 Å². The number of carbonyl (C=O) groups is 2. The maximum absolute atomic E-state index is 12.2. The largest absolute Gasteiger partial charge is 0.493 e. The van der Waals surface area contributed by atoms with Crippen molar-refractivity contribution in [2.75, 3.05) is 25.6 Å². The molecule has 6 nitrogen and oxygen atoms in total. The number of anilines is 1. The number of nitrogens with one attached hydrogen (secondary N) is 2. The Hall–Kier alpha value is -3.28. The van der Waals surface area contributed by atoms with Crippen molar-refractivity contribution in [2.24, 2.45) is 0 Å². The maximum atomic E-state index is 12.2. The van der Waals surface area contributed by atoms with Gasteiger partial charge >= 0.3 is 0 Å². The van der Waals surface area contributed by atoms with Crippen LogP contribution in [0.4, 0.5) is 5.69 Å². The van der Waals surface area contributed by atoms with Crippen LogP contribution in [0.25, 0.3) is 0 Å². The second-order valence-electron chi connectivity index (χ2n) is 6.87. The molecular formula is C23H28N2O4. The first kappa shape index (κ1) is 22.0. The lowest BCUT2D eigenvalue weighted by atomic mass is 10.1. The average molecular weight is 396 g/mol. The third-order valence-corrected chi connectivity index (χ3v) is 4.35. The highest BCUT2D eigenvalue weighted by molar-refractivity contribution is 5.95. The first-order chi connectivity index (χ1) is 13.8. The fourth-order valence-electron chi connectivity index (χ4n) is 3.06. The van der Waals surface area contributed by atoms with Crippen LogP contribution in [-0.4, -0.2) is 32.1 Å². The number of hydrogen-bond acceptors (Lipinski definition) is 4. The fourth-order valence-corrected chi connectivity index (χ4v) is 3.06. The number of benzene rings is 2.